The Morgan fingerprint density at radius 2 is 1.95 bits per heavy atom. The molecule has 0 aliphatic carbocycles. The van der Waals surface area contributed by atoms with E-state index in [0.717, 1.165) is 5.56 Å². The monoisotopic (exact) mass is 325 g/mol. The lowest BCUT2D eigenvalue weighted by Crippen LogP contribution is -2.27. The molecule has 0 aliphatic rings. The minimum atomic E-state index is -3.65. The normalized spacial score (nSPS) is 13.1. The number of pyridine rings is 1. The van der Waals surface area contributed by atoms with E-state index < -0.39 is 10.0 Å². The molecule has 1 aromatic heterocycles. The van der Waals surface area contributed by atoms with Crippen molar-refractivity contribution in [1.29, 1.82) is 0 Å². The standard InChI is InChI=1S/C14H16ClN3O2S/c1-10(11-4-6-17-7-5-11)18-21(19,20)13-3-2-12(9-16)14(15)8-13/h2-8,10,18H,9,16H2,1H3. The van der Waals surface area contributed by atoms with Crippen molar-refractivity contribution in [1.82, 2.24) is 9.71 Å². The van der Waals surface area contributed by atoms with E-state index in [2.05, 4.69) is 9.71 Å². The summed E-state index contributed by atoms with van der Waals surface area (Å²) >= 11 is 6.01. The summed E-state index contributed by atoms with van der Waals surface area (Å²) in [7, 11) is -3.65. The summed E-state index contributed by atoms with van der Waals surface area (Å²) in [6, 6.07) is 7.68. The molecule has 2 aromatic rings. The summed E-state index contributed by atoms with van der Waals surface area (Å²) in [4.78, 5) is 4.02. The van der Waals surface area contributed by atoms with Crippen molar-refractivity contribution >= 4 is 21.6 Å². The summed E-state index contributed by atoms with van der Waals surface area (Å²) < 4.78 is 27.3. The summed E-state index contributed by atoms with van der Waals surface area (Å²) in [6.07, 6.45) is 3.24. The van der Waals surface area contributed by atoms with Crippen LogP contribution in [0.3, 0.4) is 0 Å². The Morgan fingerprint density at radius 1 is 1.29 bits per heavy atom. The fourth-order valence-corrected chi connectivity index (χ4v) is 3.46. The summed E-state index contributed by atoms with van der Waals surface area (Å²) in [5.41, 5.74) is 7.05. The molecule has 2 rings (SSSR count). The first-order valence-electron chi connectivity index (χ1n) is 6.35. The van der Waals surface area contributed by atoms with Gasteiger partial charge >= 0.3 is 0 Å². The van der Waals surface area contributed by atoms with Crippen molar-refractivity contribution in [3.05, 3.63) is 58.9 Å². The van der Waals surface area contributed by atoms with Crippen molar-refractivity contribution < 1.29 is 8.42 Å². The van der Waals surface area contributed by atoms with E-state index in [1.165, 1.54) is 12.1 Å². The van der Waals surface area contributed by atoms with E-state index in [4.69, 9.17) is 17.3 Å². The fraction of sp³-hybridized carbons (Fsp3) is 0.214. The van der Waals surface area contributed by atoms with Crippen molar-refractivity contribution in [2.24, 2.45) is 5.73 Å². The number of nitrogens with one attached hydrogen (secondary N) is 1. The van der Waals surface area contributed by atoms with Crippen LogP contribution in [-0.2, 0) is 16.6 Å². The molecule has 1 heterocycles. The van der Waals surface area contributed by atoms with Gasteiger partial charge in [-0.2, -0.15) is 0 Å². The van der Waals surface area contributed by atoms with E-state index in [1.54, 1.807) is 37.5 Å². The molecule has 1 aromatic carbocycles. The maximum atomic E-state index is 12.4. The first-order chi connectivity index (χ1) is 9.94. The minimum Gasteiger partial charge on any atom is -0.326 e. The molecule has 0 saturated carbocycles. The quantitative estimate of drug-likeness (QED) is 0.882. The zero-order chi connectivity index (χ0) is 15.5. The van der Waals surface area contributed by atoms with Crippen LogP contribution < -0.4 is 10.5 Å². The molecule has 3 N–H and O–H groups in total. The second kappa shape index (κ2) is 6.53. The maximum absolute atomic E-state index is 12.4. The van der Waals surface area contributed by atoms with Crippen LogP contribution in [0.2, 0.25) is 5.02 Å². The van der Waals surface area contributed by atoms with Gasteiger partial charge in [0.25, 0.3) is 0 Å². The van der Waals surface area contributed by atoms with Gasteiger partial charge in [-0.3, -0.25) is 4.98 Å². The highest BCUT2D eigenvalue weighted by Crippen LogP contribution is 2.22. The Hall–Kier alpha value is -1.47. The Bertz CT molecular complexity index is 720. The van der Waals surface area contributed by atoms with E-state index in [9.17, 15) is 8.42 Å². The second-order valence-corrected chi connectivity index (χ2v) is 6.70. The smallest absolute Gasteiger partial charge is 0.241 e. The van der Waals surface area contributed by atoms with Crippen molar-refractivity contribution in [3.8, 4) is 0 Å². The number of hydrogen-bond acceptors (Lipinski definition) is 4. The molecule has 0 saturated heterocycles. The lowest BCUT2D eigenvalue weighted by Gasteiger charge is -2.15. The average Bonchev–Trinajstić information content (AvgIpc) is 2.47. The van der Waals surface area contributed by atoms with Gasteiger partial charge in [0.1, 0.15) is 0 Å². The molecule has 7 heteroatoms. The van der Waals surface area contributed by atoms with Gasteiger partial charge in [-0.05, 0) is 42.3 Å². The third kappa shape index (κ3) is 3.79. The highest BCUT2D eigenvalue weighted by molar-refractivity contribution is 7.89. The predicted molar refractivity (Wildman–Crippen MR) is 82.3 cm³/mol. The number of benzene rings is 1. The molecule has 112 valence electrons. The zero-order valence-electron chi connectivity index (χ0n) is 11.5. The van der Waals surface area contributed by atoms with Gasteiger partial charge in [0.05, 0.1) is 4.90 Å². The van der Waals surface area contributed by atoms with Crippen LogP contribution in [0.25, 0.3) is 0 Å². The minimum absolute atomic E-state index is 0.116. The van der Waals surface area contributed by atoms with Crippen LogP contribution in [0, 0.1) is 0 Å². The molecule has 0 aliphatic heterocycles. The van der Waals surface area contributed by atoms with Crippen LogP contribution in [-0.4, -0.2) is 13.4 Å². The molecule has 0 spiro atoms. The Kier molecular flexibility index (Phi) is 4.95. The van der Waals surface area contributed by atoms with E-state index in [0.29, 0.717) is 10.6 Å². The first kappa shape index (κ1) is 15.9. The topological polar surface area (TPSA) is 85.1 Å². The van der Waals surface area contributed by atoms with Gasteiger partial charge in [0, 0.05) is 30.0 Å². The molecule has 0 fully saturated rings. The highest BCUT2D eigenvalue weighted by Gasteiger charge is 2.19. The molecule has 0 radical (unpaired) electrons. The van der Waals surface area contributed by atoms with Gasteiger partial charge in [0.15, 0.2) is 0 Å². The van der Waals surface area contributed by atoms with Crippen molar-refractivity contribution in [2.75, 3.05) is 0 Å². The molecule has 0 bridgehead atoms. The molecule has 1 unspecified atom stereocenters. The van der Waals surface area contributed by atoms with Gasteiger partial charge in [-0.1, -0.05) is 17.7 Å². The highest BCUT2D eigenvalue weighted by atomic mass is 35.5. The number of nitrogens with zero attached hydrogens (tertiary/aromatic N) is 1. The summed E-state index contributed by atoms with van der Waals surface area (Å²) in [5, 5.41) is 0.344. The maximum Gasteiger partial charge on any atom is 0.241 e. The summed E-state index contributed by atoms with van der Waals surface area (Å²) in [6.45, 7) is 2.03. The Morgan fingerprint density at radius 3 is 2.52 bits per heavy atom. The fourth-order valence-electron chi connectivity index (χ4n) is 1.88. The van der Waals surface area contributed by atoms with Gasteiger partial charge in [0.2, 0.25) is 10.0 Å². The number of sulfonamides is 1. The third-order valence-corrected chi connectivity index (χ3v) is 4.98. The van der Waals surface area contributed by atoms with Crippen molar-refractivity contribution in [3.63, 3.8) is 0 Å². The van der Waals surface area contributed by atoms with Crippen molar-refractivity contribution in [2.45, 2.75) is 24.4 Å². The number of hydrogen-bond donors (Lipinski definition) is 2. The van der Waals surface area contributed by atoms with Gasteiger partial charge < -0.3 is 5.73 Å². The SMILES string of the molecule is CC(NS(=O)(=O)c1ccc(CN)c(Cl)c1)c1ccncc1. The Labute approximate surface area is 129 Å². The molecular weight excluding hydrogens is 310 g/mol. The molecular formula is C14H16ClN3O2S. The van der Waals surface area contributed by atoms with Crippen LogP contribution in [0.15, 0.2) is 47.6 Å². The third-order valence-electron chi connectivity index (χ3n) is 3.09. The van der Waals surface area contributed by atoms with Gasteiger partial charge in [-0.15, -0.1) is 0 Å². The van der Waals surface area contributed by atoms with E-state index in [-0.39, 0.29) is 17.5 Å². The Balaban J connectivity index is 2.24. The first-order valence-corrected chi connectivity index (χ1v) is 8.21. The summed E-state index contributed by atoms with van der Waals surface area (Å²) in [5.74, 6) is 0. The number of rotatable bonds is 5. The lowest BCUT2D eigenvalue weighted by molar-refractivity contribution is 0.567. The van der Waals surface area contributed by atoms with Gasteiger partial charge in [-0.25, -0.2) is 13.1 Å². The number of halogens is 1. The predicted octanol–water partition coefficient (Wildman–Crippen LogP) is 2.23. The molecule has 0 amide bonds. The largest absolute Gasteiger partial charge is 0.326 e. The van der Waals surface area contributed by atoms with E-state index >= 15 is 0 Å². The molecule has 21 heavy (non-hydrogen) atoms. The molecule has 1 atom stereocenters. The van der Waals surface area contributed by atoms with Crippen LogP contribution in [0.4, 0.5) is 0 Å². The molecule has 5 nitrogen and oxygen atoms in total. The van der Waals surface area contributed by atoms with E-state index in [1.807, 2.05) is 0 Å². The number of nitrogens with two attached hydrogens (primary N) is 1. The number of aromatic nitrogens is 1. The van der Waals surface area contributed by atoms with Crippen LogP contribution >= 0.6 is 11.6 Å². The zero-order valence-corrected chi connectivity index (χ0v) is 13.0. The lowest BCUT2D eigenvalue weighted by atomic mass is 10.1. The second-order valence-electron chi connectivity index (χ2n) is 4.58. The average molecular weight is 326 g/mol. The van der Waals surface area contributed by atoms with Crippen LogP contribution in [0.5, 0.6) is 0 Å². The van der Waals surface area contributed by atoms with Crippen LogP contribution in [0.1, 0.15) is 24.1 Å².